The number of aromatic nitrogens is 1. The second-order valence-electron chi connectivity index (χ2n) is 9.00. The lowest BCUT2D eigenvalue weighted by molar-refractivity contribution is -0.167. The summed E-state index contributed by atoms with van der Waals surface area (Å²) in [5.41, 5.74) is 4.87. The fourth-order valence-corrected chi connectivity index (χ4v) is 5.04. The molecule has 2 saturated heterocycles. The summed E-state index contributed by atoms with van der Waals surface area (Å²) < 4.78 is 17.3. The molecule has 7 nitrogen and oxygen atoms in total. The number of nitrogens with zero attached hydrogens (tertiary/aromatic N) is 1. The van der Waals surface area contributed by atoms with Gasteiger partial charge in [-0.1, -0.05) is 12.1 Å². The number of nitrogens with one attached hydrogen (secondary N) is 1. The van der Waals surface area contributed by atoms with Gasteiger partial charge in [0.05, 0.1) is 32.0 Å². The van der Waals surface area contributed by atoms with E-state index >= 15 is 0 Å². The van der Waals surface area contributed by atoms with Crippen LogP contribution >= 0.6 is 0 Å². The second kappa shape index (κ2) is 9.17. The van der Waals surface area contributed by atoms with Crippen LogP contribution in [0.3, 0.4) is 0 Å². The van der Waals surface area contributed by atoms with Crippen LogP contribution in [-0.2, 0) is 16.0 Å². The van der Waals surface area contributed by atoms with Gasteiger partial charge in [-0.2, -0.15) is 0 Å². The van der Waals surface area contributed by atoms with E-state index < -0.39 is 5.97 Å². The normalized spacial score (nSPS) is 21.8. The molecule has 2 N–H and O–H groups in total. The maximum atomic E-state index is 11.3. The highest BCUT2D eigenvalue weighted by molar-refractivity contribution is 5.88. The Kier molecular flexibility index (Phi) is 6.10. The molecule has 1 aromatic heterocycles. The molecule has 3 heterocycles. The van der Waals surface area contributed by atoms with Crippen molar-refractivity contribution in [2.24, 2.45) is 0 Å². The Morgan fingerprint density at radius 1 is 1.21 bits per heavy atom. The first kappa shape index (κ1) is 21.9. The average Bonchev–Trinajstić information content (AvgIpc) is 3.29. The number of carbonyl (C=O) groups is 1. The highest BCUT2D eigenvalue weighted by Gasteiger charge is 2.34. The molecular weight excluding hydrogens is 420 g/mol. The van der Waals surface area contributed by atoms with Crippen LogP contribution in [0, 0.1) is 6.92 Å². The van der Waals surface area contributed by atoms with Crippen molar-refractivity contribution in [2.45, 2.75) is 44.6 Å². The highest BCUT2D eigenvalue weighted by Crippen LogP contribution is 2.38. The Labute approximate surface area is 193 Å². The number of piperidine rings is 1. The molecular formula is C26H30N2O5. The van der Waals surface area contributed by atoms with E-state index in [1.807, 2.05) is 18.3 Å². The molecule has 0 radical (unpaired) electrons. The van der Waals surface area contributed by atoms with E-state index in [-0.39, 0.29) is 18.2 Å². The van der Waals surface area contributed by atoms with E-state index in [1.165, 1.54) is 10.9 Å². The Morgan fingerprint density at radius 2 is 2.00 bits per heavy atom. The molecule has 2 atom stereocenters. The van der Waals surface area contributed by atoms with Crippen molar-refractivity contribution in [2.75, 3.05) is 26.9 Å². The number of benzene rings is 2. The van der Waals surface area contributed by atoms with Crippen molar-refractivity contribution in [3.8, 4) is 5.75 Å². The minimum atomic E-state index is -0.910. The number of methoxy groups -OCH3 is 1. The third-order valence-corrected chi connectivity index (χ3v) is 6.89. The van der Waals surface area contributed by atoms with Gasteiger partial charge in [0.1, 0.15) is 11.9 Å². The first-order chi connectivity index (χ1) is 16.0. The van der Waals surface area contributed by atoms with Crippen molar-refractivity contribution in [1.29, 1.82) is 0 Å². The van der Waals surface area contributed by atoms with E-state index in [2.05, 4.69) is 28.9 Å². The first-order valence-electron chi connectivity index (χ1n) is 11.5. The molecule has 2 aromatic carbocycles. The number of aryl methyl sites for hydroxylation is 1. The van der Waals surface area contributed by atoms with Gasteiger partial charge in [0.25, 0.3) is 0 Å². The summed E-state index contributed by atoms with van der Waals surface area (Å²) in [5.74, 6) is -0.0166. The minimum absolute atomic E-state index is 0.118. The van der Waals surface area contributed by atoms with Crippen LogP contribution in [0.1, 0.15) is 45.9 Å². The van der Waals surface area contributed by atoms with E-state index in [0.717, 1.165) is 48.3 Å². The van der Waals surface area contributed by atoms with Crippen LogP contribution in [0.5, 0.6) is 5.75 Å². The lowest BCUT2D eigenvalue weighted by atomic mass is 9.91. The van der Waals surface area contributed by atoms with Crippen molar-refractivity contribution in [3.05, 3.63) is 64.8 Å². The molecule has 0 bridgehead atoms. The Balaban J connectivity index is 1.46. The molecule has 5 rings (SSSR count). The Morgan fingerprint density at radius 3 is 2.67 bits per heavy atom. The minimum Gasteiger partial charge on any atom is -0.496 e. The molecule has 0 amide bonds. The summed E-state index contributed by atoms with van der Waals surface area (Å²) in [6, 6.07) is 11.6. The number of aromatic amines is 1. The van der Waals surface area contributed by atoms with Gasteiger partial charge in [-0.05, 0) is 55.2 Å². The summed E-state index contributed by atoms with van der Waals surface area (Å²) in [4.78, 5) is 17.2. The fourth-order valence-electron chi connectivity index (χ4n) is 5.04. The van der Waals surface area contributed by atoms with Crippen molar-refractivity contribution >= 4 is 16.9 Å². The predicted octanol–water partition coefficient (Wildman–Crippen LogP) is 4.30. The fraction of sp³-hybridized carbons (Fsp3) is 0.423. The molecule has 174 valence electrons. The zero-order valence-corrected chi connectivity index (χ0v) is 19.0. The van der Waals surface area contributed by atoms with Crippen molar-refractivity contribution in [1.82, 2.24) is 9.88 Å². The number of aromatic carboxylic acids is 1. The second-order valence-corrected chi connectivity index (χ2v) is 9.00. The summed E-state index contributed by atoms with van der Waals surface area (Å²) in [5, 5.41) is 10.5. The Hall–Kier alpha value is -2.87. The monoisotopic (exact) mass is 450 g/mol. The molecule has 3 aromatic rings. The van der Waals surface area contributed by atoms with Crippen LogP contribution in [-0.4, -0.2) is 60.0 Å². The summed E-state index contributed by atoms with van der Waals surface area (Å²) in [6.07, 6.45) is 4.13. The molecule has 2 aliphatic heterocycles. The number of ether oxygens (including phenoxy) is 3. The van der Waals surface area contributed by atoms with Crippen molar-refractivity contribution in [3.63, 3.8) is 0 Å². The maximum Gasteiger partial charge on any atom is 0.335 e. The summed E-state index contributed by atoms with van der Waals surface area (Å²) in [7, 11) is 1.72. The first-order valence-corrected chi connectivity index (χ1v) is 11.5. The molecule has 7 heteroatoms. The number of H-pyrrole nitrogens is 1. The van der Waals surface area contributed by atoms with E-state index in [0.29, 0.717) is 18.8 Å². The van der Waals surface area contributed by atoms with E-state index in [4.69, 9.17) is 14.2 Å². The third-order valence-electron chi connectivity index (χ3n) is 6.89. The molecule has 2 unspecified atom stereocenters. The summed E-state index contributed by atoms with van der Waals surface area (Å²) >= 11 is 0. The SMILES string of the molecule is COc1cc(C)c2[nH]ccc2c1CN1CCC(OC2COC2)CC1c1ccc(C(=O)O)cc1. The molecule has 0 aliphatic carbocycles. The van der Waals surface area contributed by atoms with Crippen LogP contribution in [0.2, 0.25) is 0 Å². The standard InChI is InChI=1S/C26H30N2O5/c1-16-11-24(31-2)22(21-7-9-27-25(16)21)13-28-10-8-19(33-20-14-32-15-20)12-23(28)17-3-5-18(6-4-17)26(29)30/h3-7,9,11,19-20,23,27H,8,10,12-15H2,1-2H3,(H,29,30). The van der Waals surface area contributed by atoms with Gasteiger partial charge in [0.15, 0.2) is 0 Å². The van der Waals surface area contributed by atoms with Gasteiger partial charge < -0.3 is 24.3 Å². The number of carboxylic acid groups (broad SMARTS) is 1. The highest BCUT2D eigenvalue weighted by atomic mass is 16.6. The van der Waals surface area contributed by atoms with E-state index in [9.17, 15) is 9.90 Å². The average molecular weight is 451 g/mol. The van der Waals surface area contributed by atoms with Gasteiger partial charge in [-0.15, -0.1) is 0 Å². The van der Waals surface area contributed by atoms with Crippen LogP contribution in [0.4, 0.5) is 0 Å². The number of hydrogen-bond donors (Lipinski definition) is 2. The number of likely N-dealkylation sites (tertiary alicyclic amines) is 1. The van der Waals surface area contributed by atoms with Crippen molar-refractivity contribution < 1.29 is 24.1 Å². The number of carboxylic acids is 1. The zero-order valence-electron chi connectivity index (χ0n) is 19.0. The van der Waals surface area contributed by atoms with Gasteiger partial charge >= 0.3 is 5.97 Å². The Bertz CT molecular complexity index is 1140. The largest absolute Gasteiger partial charge is 0.496 e. The quantitative estimate of drug-likeness (QED) is 0.558. The lowest BCUT2D eigenvalue weighted by Crippen LogP contribution is -2.44. The van der Waals surface area contributed by atoms with Crippen LogP contribution in [0.25, 0.3) is 10.9 Å². The molecule has 2 fully saturated rings. The molecule has 2 aliphatic rings. The predicted molar refractivity (Wildman–Crippen MR) is 125 cm³/mol. The molecule has 33 heavy (non-hydrogen) atoms. The van der Waals surface area contributed by atoms with Gasteiger partial charge in [0, 0.05) is 41.8 Å². The summed E-state index contributed by atoms with van der Waals surface area (Å²) in [6.45, 7) is 5.05. The number of fused-ring (bicyclic) bond motifs is 1. The molecule has 0 saturated carbocycles. The van der Waals surface area contributed by atoms with Crippen LogP contribution in [0.15, 0.2) is 42.6 Å². The lowest BCUT2D eigenvalue weighted by Gasteiger charge is -2.42. The number of rotatable bonds is 7. The van der Waals surface area contributed by atoms with Gasteiger partial charge in [0.2, 0.25) is 0 Å². The third kappa shape index (κ3) is 4.36. The number of hydrogen-bond acceptors (Lipinski definition) is 5. The smallest absolute Gasteiger partial charge is 0.335 e. The van der Waals surface area contributed by atoms with E-state index in [1.54, 1.807) is 19.2 Å². The van der Waals surface area contributed by atoms with Gasteiger partial charge in [-0.25, -0.2) is 4.79 Å². The maximum absolute atomic E-state index is 11.3. The van der Waals surface area contributed by atoms with Crippen LogP contribution < -0.4 is 4.74 Å². The van der Waals surface area contributed by atoms with Gasteiger partial charge in [-0.3, -0.25) is 4.90 Å². The molecule has 0 spiro atoms. The topological polar surface area (TPSA) is 84.0 Å². The zero-order chi connectivity index (χ0) is 22.9.